The van der Waals surface area contributed by atoms with E-state index in [0.717, 1.165) is 12.2 Å². The molecule has 2 N–H and O–H groups in total. The van der Waals surface area contributed by atoms with Crippen LogP contribution in [0, 0.1) is 11.3 Å². The number of rotatable bonds is 3. The summed E-state index contributed by atoms with van der Waals surface area (Å²) in [6.45, 7) is 3.51. The number of nitrogens with one attached hydrogen (secondary N) is 1. The van der Waals surface area contributed by atoms with E-state index >= 15 is 0 Å². The predicted octanol–water partition coefficient (Wildman–Crippen LogP) is 1.20. The Kier molecular flexibility index (Phi) is 4.03. The minimum atomic E-state index is -0.803. The number of nitrogens with zero attached hydrogens (tertiary/aromatic N) is 2. The minimum Gasteiger partial charge on any atom is -0.481 e. The van der Waals surface area contributed by atoms with Gasteiger partial charge in [0.1, 0.15) is 0 Å². The van der Waals surface area contributed by atoms with Crippen molar-refractivity contribution in [1.82, 2.24) is 5.32 Å². The molecule has 0 aliphatic carbocycles. The lowest BCUT2D eigenvalue weighted by Crippen LogP contribution is -2.57. The highest BCUT2D eigenvalue weighted by Crippen LogP contribution is 2.24. The van der Waals surface area contributed by atoms with E-state index < -0.39 is 5.97 Å². The van der Waals surface area contributed by atoms with Crippen molar-refractivity contribution in [2.24, 2.45) is 0 Å². The van der Waals surface area contributed by atoms with Crippen molar-refractivity contribution in [3.05, 3.63) is 29.8 Å². The summed E-state index contributed by atoms with van der Waals surface area (Å²) in [6.07, 6.45) is 0.0914. The van der Waals surface area contributed by atoms with E-state index in [2.05, 4.69) is 23.2 Å². The van der Waals surface area contributed by atoms with Crippen LogP contribution < -0.4 is 10.2 Å². The molecule has 19 heavy (non-hydrogen) atoms. The lowest BCUT2D eigenvalue weighted by molar-refractivity contribution is -0.137. The number of carbonyl (C=O) groups is 1. The SMILES string of the molecule is CC1CNCC(CC(=O)O)N1c1cccc(C#N)c1. The molecule has 5 nitrogen and oxygen atoms in total. The monoisotopic (exact) mass is 259 g/mol. The van der Waals surface area contributed by atoms with Gasteiger partial charge in [-0.2, -0.15) is 5.26 Å². The molecule has 2 unspecified atom stereocenters. The summed E-state index contributed by atoms with van der Waals surface area (Å²) in [5.41, 5.74) is 1.51. The first-order valence-electron chi connectivity index (χ1n) is 6.33. The molecule has 2 rings (SSSR count). The molecule has 0 bridgehead atoms. The first-order valence-corrected chi connectivity index (χ1v) is 6.33. The van der Waals surface area contributed by atoms with Gasteiger partial charge >= 0.3 is 5.97 Å². The fourth-order valence-corrected chi connectivity index (χ4v) is 2.59. The third-order valence-electron chi connectivity index (χ3n) is 3.37. The van der Waals surface area contributed by atoms with E-state index in [4.69, 9.17) is 10.4 Å². The van der Waals surface area contributed by atoms with Crippen LogP contribution in [0.3, 0.4) is 0 Å². The maximum atomic E-state index is 11.0. The van der Waals surface area contributed by atoms with Gasteiger partial charge in [-0.05, 0) is 25.1 Å². The van der Waals surface area contributed by atoms with Crippen molar-refractivity contribution in [2.75, 3.05) is 18.0 Å². The van der Waals surface area contributed by atoms with Crippen molar-refractivity contribution >= 4 is 11.7 Å². The van der Waals surface area contributed by atoms with Gasteiger partial charge in [0, 0.05) is 24.8 Å². The van der Waals surface area contributed by atoms with Gasteiger partial charge in [-0.1, -0.05) is 6.07 Å². The van der Waals surface area contributed by atoms with Gasteiger partial charge in [-0.25, -0.2) is 0 Å². The zero-order valence-corrected chi connectivity index (χ0v) is 10.8. The summed E-state index contributed by atoms with van der Waals surface area (Å²) >= 11 is 0. The van der Waals surface area contributed by atoms with E-state index in [1.54, 1.807) is 6.07 Å². The van der Waals surface area contributed by atoms with Gasteiger partial charge in [-0.3, -0.25) is 4.79 Å². The second-order valence-electron chi connectivity index (χ2n) is 4.83. The van der Waals surface area contributed by atoms with Crippen LogP contribution in [0.5, 0.6) is 0 Å². The molecule has 100 valence electrons. The molecule has 1 aromatic carbocycles. The molecule has 0 radical (unpaired) electrons. The van der Waals surface area contributed by atoms with E-state index in [9.17, 15) is 4.79 Å². The lowest BCUT2D eigenvalue weighted by Gasteiger charge is -2.42. The Labute approximate surface area is 112 Å². The predicted molar refractivity (Wildman–Crippen MR) is 72.0 cm³/mol. The lowest BCUT2D eigenvalue weighted by atomic mass is 10.0. The molecular weight excluding hydrogens is 242 g/mol. The summed E-state index contributed by atoms with van der Waals surface area (Å²) in [5, 5.41) is 21.2. The second kappa shape index (κ2) is 5.72. The molecular formula is C14H17N3O2. The maximum absolute atomic E-state index is 11.0. The third-order valence-corrected chi connectivity index (χ3v) is 3.37. The number of nitriles is 1. The Morgan fingerprint density at radius 3 is 3.05 bits per heavy atom. The van der Waals surface area contributed by atoms with Gasteiger partial charge in [0.2, 0.25) is 0 Å². The second-order valence-corrected chi connectivity index (χ2v) is 4.83. The quantitative estimate of drug-likeness (QED) is 0.853. The molecule has 1 saturated heterocycles. The van der Waals surface area contributed by atoms with Crippen molar-refractivity contribution in [1.29, 1.82) is 5.26 Å². The molecule has 2 atom stereocenters. The Balaban J connectivity index is 2.30. The largest absolute Gasteiger partial charge is 0.481 e. The minimum absolute atomic E-state index is 0.0878. The van der Waals surface area contributed by atoms with Crippen LogP contribution >= 0.6 is 0 Å². The van der Waals surface area contributed by atoms with E-state index in [0.29, 0.717) is 12.1 Å². The number of anilines is 1. The van der Waals surface area contributed by atoms with Crippen LogP contribution in [0.2, 0.25) is 0 Å². The number of piperazine rings is 1. The van der Waals surface area contributed by atoms with Crippen LogP contribution in [0.15, 0.2) is 24.3 Å². The number of carboxylic acids is 1. The molecule has 0 spiro atoms. The Hall–Kier alpha value is -2.06. The zero-order chi connectivity index (χ0) is 13.8. The fourth-order valence-electron chi connectivity index (χ4n) is 2.59. The standard InChI is InChI=1S/C14H17N3O2/c1-10-8-16-9-13(6-14(18)19)17(10)12-4-2-3-11(5-12)7-15/h2-5,10,13,16H,6,8-9H2,1H3,(H,18,19). The zero-order valence-electron chi connectivity index (χ0n) is 10.8. The molecule has 0 aromatic heterocycles. The number of hydrogen-bond donors (Lipinski definition) is 2. The molecule has 1 heterocycles. The first-order chi connectivity index (χ1) is 9.11. The molecule has 5 heteroatoms. The number of benzene rings is 1. The maximum Gasteiger partial charge on any atom is 0.305 e. The van der Waals surface area contributed by atoms with Gasteiger partial charge in [0.15, 0.2) is 0 Å². The van der Waals surface area contributed by atoms with Crippen LogP contribution in [-0.2, 0) is 4.79 Å². The van der Waals surface area contributed by atoms with Gasteiger partial charge in [-0.15, -0.1) is 0 Å². The number of hydrogen-bond acceptors (Lipinski definition) is 4. The van der Waals surface area contributed by atoms with E-state index in [1.165, 1.54) is 0 Å². The first kappa shape index (κ1) is 13.4. The van der Waals surface area contributed by atoms with Crippen molar-refractivity contribution in [3.63, 3.8) is 0 Å². The Morgan fingerprint density at radius 2 is 2.37 bits per heavy atom. The fraction of sp³-hybridized carbons (Fsp3) is 0.429. The van der Waals surface area contributed by atoms with Crippen molar-refractivity contribution in [3.8, 4) is 6.07 Å². The molecule has 0 amide bonds. The van der Waals surface area contributed by atoms with Crippen LogP contribution in [0.25, 0.3) is 0 Å². The Bertz CT molecular complexity index is 510. The average molecular weight is 259 g/mol. The molecule has 1 aromatic rings. The highest BCUT2D eigenvalue weighted by Gasteiger charge is 2.29. The van der Waals surface area contributed by atoms with Crippen LogP contribution in [0.1, 0.15) is 18.9 Å². The summed E-state index contributed by atoms with van der Waals surface area (Å²) in [6, 6.07) is 9.56. The third kappa shape index (κ3) is 3.04. The molecule has 1 aliphatic rings. The highest BCUT2D eigenvalue weighted by molar-refractivity contribution is 5.69. The molecule has 0 saturated carbocycles. The molecule has 1 aliphatic heterocycles. The summed E-state index contributed by atoms with van der Waals surface area (Å²) in [5.74, 6) is -0.803. The summed E-state index contributed by atoms with van der Waals surface area (Å²) in [4.78, 5) is 13.1. The normalized spacial score (nSPS) is 22.8. The van der Waals surface area contributed by atoms with Gasteiger partial charge in [0.25, 0.3) is 0 Å². The smallest absolute Gasteiger partial charge is 0.305 e. The average Bonchev–Trinajstić information content (AvgIpc) is 2.38. The Morgan fingerprint density at radius 1 is 1.58 bits per heavy atom. The summed E-state index contributed by atoms with van der Waals surface area (Å²) in [7, 11) is 0. The van der Waals surface area contributed by atoms with E-state index in [1.807, 2.05) is 18.2 Å². The van der Waals surface area contributed by atoms with Crippen LogP contribution in [-0.4, -0.2) is 36.2 Å². The van der Waals surface area contributed by atoms with Crippen molar-refractivity contribution in [2.45, 2.75) is 25.4 Å². The van der Waals surface area contributed by atoms with Gasteiger partial charge in [0.05, 0.1) is 24.1 Å². The number of carboxylic acid groups (broad SMARTS) is 1. The molecule has 1 fully saturated rings. The summed E-state index contributed by atoms with van der Waals surface area (Å²) < 4.78 is 0. The number of aliphatic carboxylic acids is 1. The van der Waals surface area contributed by atoms with Gasteiger partial charge < -0.3 is 15.3 Å². The van der Waals surface area contributed by atoms with Crippen LogP contribution in [0.4, 0.5) is 5.69 Å². The van der Waals surface area contributed by atoms with Crippen molar-refractivity contribution < 1.29 is 9.90 Å². The van der Waals surface area contributed by atoms with E-state index in [-0.39, 0.29) is 18.5 Å². The highest BCUT2D eigenvalue weighted by atomic mass is 16.4. The topological polar surface area (TPSA) is 76.4 Å².